The summed E-state index contributed by atoms with van der Waals surface area (Å²) in [5, 5.41) is 0. The number of aryl methyl sites for hydroxylation is 1. The van der Waals surface area contributed by atoms with E-state index in [0.717, 1.165) is 6.42 Å². The lowest BCUT2D eigenvalue weighted by Crippen LogP contribution is -2.14. The van der Waals surface area contributed by atoms with Gasteiger partial charge in [-0.1, -0.05) is 36.4 Å². The number of hydrogen-bond acceptors (Lipinski definition) is 1. The Bertz CT molecular complexity index is 491. The van der Waals surface area contributed by atoms with Gasteiger partial charge in [-0.15, -0.1) is 0 Å². The summed E-state index contributed by atoms with van der Waals surface area (Å²) in [5.74, 6) is 0. The van der Waals surface area contributed by atoms with Crippen LogP contribution in [-0.4, -0.2) is 0 Å². The molecule has 0 saturated heterocycles. The Morgan fingerprint density at radius 1 is 1.06 bits per heavy atom. The molecule has 0 aliphatic carbocycles. The van der Waals surface area contributed by atoms with Crippen LogP contribution >= 0.6 is 22.6 Å². The Morgan fingerprint density at radius 2 is 1.71 bits per heavy atom. The molecule has 2 N–H and O–H groups in total. The molecule has 0 aromatic heterocycles. The molecule has 0 spiro atoms. The topological polar surface area (TPSA) is 26.0 Å². The van der Waals surface area contributed by atoms with Gasteiger partial charge in [0.25, 0.3) is 0 Å². The van der Waals surface area contributed by atoms with Gasteiger partial charge in [0.2, 0.25) is 0 Å². The zero-order valence-corrected chi connectivity index (χ0v) is 12.0. The number of rotatable bonds is 3. The molecule has 0 aliphatic heterocycles. The molecule has 1 atom stereocenters. The fourth-order valence-corrected chi connectivity index (χ4v) is 2.35. The third kappa shape index (κ3) is 3.30. The first-order chi connectivity index (χ1) is 8.16. The first-order valence-electron chi connectivity index (χ1n) is 5.72. The second-order valence-electron chi connectivity index (χ2n) is 4.29. The standard InChI is InChI=1S/C15H16IN/c1-11-4-2-3-5-14(11)15(17)10-12-6-8-13(16)9-7-12/h2-9,15H,10,17H2,1H3. The number of nitrogens with two attached hydrogens (primary N) is 1. The minimum atomic E-state index is 0.0799. The Kier molecular flexibility index (Phi) is 4.18. The van der Waals surface area contributed by atoms with E-state index in [9.17, 15) is 0 Å². The van der Waals surface area contributed by atoms with Crippen molar-refractivity contribution in [2.45, 2.75) is 19.4 Å². The van der Waals surface area contributed by atoms with Gasteiger partial charge in [-0.3, -0.25) is 0 Å². The summed E-state index contributed by atoms with van der Waals surface area (Å²) in [6.45, 7) is 2.11. The summed E-state index contributed by atoms with van der Waals surface area (Å²) in [6, 6.07) is 17.0. The number of benzene rings is 2. The van der Waals surface area contributed by atoms with Crippen LogP contribution < -0.4 is 5.73 Å². The first-order valence-corrected chi connectivity index (χ1v) is 6.80. The third-order valence-electron chi connectivity index (χ3n) is 2.96. The van der Waals surface area contributed by atoms with E-state index in [1.54, 1.807) is 0 Å². The normalized spacial score (nSPS) is 12.4. The summed E-state index contributed by atoms with van der Waals surface area (Å²) in [6.07, 6.45) is 0.891. The predicted molar refractivity (Wildman–Crippen MR) is 81.0 cm³/mol. The highest BCUT2D eigenvalue weighted by Crippen LogP contribution is 2.19. The van der Waals surface area contributed by atoms with Gasteiger partial charge >= 0.3 is 0 Å². The van der Waals surface area contributed by atoms with Crippen LogP contribution in [0, 0.1) is 10.5 Å². The maximum absolute atomic E-state index is 6.26. The molecule has 17 heavy (non-hydrogen) atoms. The molecular formula is C15H16IN. The SMILES string of the molecule is Cc1ccccc1C(N)Cc1ccc(I)cc1. The molecule has 0 amide bonds. The van der Waals surface area contributed by atoms with Crippen LogP contribution in [-0.2, 0) is 6.42 Å². The highest BCUT2D eigenvalue weighted by atomic mass is 127. The molecular weight excluding hydrogens is 321 g/mol. The van der Waals surface area contributed by atoms with Crippen molar-refractivity contribution in [2.24, 2.45) is 5.73 Å². The van der Waals surface area contributed by atoms with Crippen molar-refractivity contribution in [2.75, 3.05) is 0 Å². The highest BCUT2D eigenvalue weighted by molar-refractivity contribution is 14.1. The molecule has 2 aromatic rings. The summed E-state index contributed by atoms with van der Waals surface area (Å²) >= 11 is 2.32. The largest absolute Gasteiger partial charge is 0.324 e. The van der Waals surface area contributed by atoms with Gasteiger partial charge in [0, 0.05) is 9.61 Å². The van der Waals surface area contributed by atoms with Crippen LogP contribution in [0.5, 0.6) is 0 Å². The lowest BCUT2D eigenvalue weighted by atomic mass is 9.96. The van der Waals surface area contributed by atoms with E-state index < -0.39 is 0 Å². The molecule has 1 nitrogen and oxygen atoms in total. The zero-order chi connectivity index (χ0) is 12.3. The fraction of sp³-hybridized carbons (Fsp3) is 0.200. The van der Waals surface area contributed by atoms with Crippen LogP contribution in [0.25, 0.3) is 0 Å². The second kappa shape index (κ2) is 5.65. The molecule has 2 aromatic carbocycles. The summed E-state index contributed by atoms with van der Waals surface area (Å²) in [4.78, 5) is 0. The molecule has 0 saturated carbocycles. The smallest absolute Gasteiger partial charge is 0.0338 e. The average Bonchev–Trinajstić information content (AvgIpc) is 2.32. The fourth-order valence-electron chi connectivity index (χ4n) is 1.99. The molecule has 0 fully saturated rings. The van der Waals surface area contributed by atoms with Crippen LogP contribution in [0.4, 0.5) is 0 Å². The Balaban J connectivity index is 2.14. The van der Waals surface area contributed by atoms with E-state index in [4.69, 9.17) is 5.73 Å². The molecule has 0 heterocycles. The molecule has 0 radical (unpaired) electrons. The Morgan fingerprint density at radius 3 is 2.35 bits per heavy atom. The summed E-state index contributed by atoms with van der Waals surface area (Å²) < 4.78 is 1.26. The van der Waals surface area contributed by atoms with Crippen molar-refractivity contribution in [3.63, 3.8) is 0 Å². The number of hydrogen-bond donors (Lipinski definition) is 1. The van der Waals surface area contributed by atoms with Gasteiger partial charge in [-0.05, 0) is 64.8 Å². The average molecular weight is 337 g/mol. The van der Waals surface area contributed by atoms with Crippen LogP contribution in [0.2, 0.25) is 0 Å². The van der Waals surface area contributed by atoms with Crippen LogP contribution in [0.15, 0.2) is 48.5 Å². The van der Waals surface area contributed by atoms with E-state index in [1.807, 2.05) is 0 Å². The summed E-state index contributed by atoms with van der Waals surface area (Å²) in [7, 11) is 0. The van der Waals surface area contributed by atoms with Gasteiger partial charge in [0.15, 0.2) is 0 Å². The first kappa shape index (κ1) is 12.6. The lowest BCUT2D eigenvalue weighted by molar-refractivity contribution is 0.716. The van der Waals surface area contributed by atoms with E-state index in [1.165, 1.54) is 20.3 Å². The minimum absolute atomic E-state index is 0.0799. The lowest BCUT2D eigenvalue weighted by Gasteiger charge is -2.14. The molecule has 2 heteroatoms. The van der Waals surface area contributed by atoms with Crippen molar-refractivity contribution in [3.05, 3.63) is 68.8 Å². The quantitative estimate of drug-likeness (QED) is 0.846. The van der Waals surface area contributed by atoms with Crippen molar-refractivity contribution >= 4 is 22.6 Å². The van der Waals surface area contributed by atoms with E-state index in [-0.39, 0.29) is 6.04 Å². The van der Waals surface area contributed by atoms with E-state index in [0.29, 0.717) is 0 Å². The highest BCUT2D eigenvalue weighted by Gasteiger charge is 2.08. The second-order valence-corrected chi connectivity index (χ2v) is 5.54. The number of halogens is 1. The monoisotopic (exact) mass is 337 g/mol. The molecule has 0 bridgehead atoms. The van der Waals surface area contributed by atoms with Gasteiger partial charge < -0.3 is 5.73 Å². The molecule has 1 unspecified atom stereocenters. The zero-order valence-electron chi connectivity index (χ0n) is 9.86. The molecule has 88 valence electrons. The molecule has 2 rings (SSSR count). The minimum Gasteiger partial charge on any atom is -0.324 e. The van der Waals surface area contributed by atoms with Crippen molar-refractivity contribution in [3.8, 4) is 0 Å². The Labute approximate surface area is 116 Å². The van der Waals surface area contributed by atoms with Crippen LogP contribution in [0.1, 0.15) is 22.7 Å². The summed E-state index contributed by atoms with van der Waals surface area (Å²) in [5.41, 5.74) is 10.1. The van der Waals surface area contributed by atoms with E-state index in [2.05, 4.69) is 78.0 Å². The predicted octanol–water partition coefficient (Wildman–Crippen LogP) is 3.84. The molecule has 0 aliphatic rings. The van der Waals surface area contributed by atoms with Gasteiger partial charge in [0.1, 0.15) is 0 Å². The van der Waals surface area contributed by atoms with Crippen molar-refractivity contribution < 1.29 is 0 Å². The maximum Gasteiger partial charge on any atom is 0.0338 e. The van der Waals surface area contributed by atoms with Gasteiger partial charge in [0.05, 0.1) is 0 Å². The third-order valence-corrected chi connectivity index (χ3v) is 3.68. The van der Waals surface area contributed by atoms with Crippen molar-refractivity contribution in [1.29, 1.82) is 0 Å². The van der Waals surface area contributed by atoms with Gasteiger partial charge in [-0.2, -0.15) is 0 Å². The Hall–Kier alpha value is -0.870. The van der Waals surface area contributed by atoms with E-state index >= 15 is 0 Å². The van der Waals surface area contributed by atoms with Crippen molar-refractivity contribution in [1.82, 2.24) is 0 Å². The van der Waals surface area contributed by atoms with Crippen LogP contribution in [0.3, 0.4) is 0 Å². The van der Waals surface area contributed by atoms with Gasteiger partial charge in [-0.25, -0.2) is 0 Å². The maximum atomic E-state index is 6.26.